The molecule has 1 aromatic heterocycles. The molecule has 1 heterocycles. The molecule has 0 saturated carbocycles. The zero-order valence-electron chi connectivity index (χ0n) is 5.72. The summed E-state index contributed by atoms with van der Waals surface area (Å²) < 4.78 is 1.61. The van der Waals surface area contributed by atoms with Crippen molar-refractivity contribution >= 4 is 11.8 Å². The molecule has 3 heteroatoms. The van der Waals surface area contributed by atoms with E-state index < -0.39 is 0 Å². The third-order valence-electron chi connectivity index (χ3n) is 1.25. The number of aryl methyl sites for hydroxylation is 1. The molecule has 0 amide bonds. The molecule has 10 heavy (non-hydrogen) atoms. The van der Waals surface area contributed by atoms with Gasteiger partial charge in [-0.3, -0.25) is 0 Å². The third kappa shape index (κ3) is 2.27. The average molecular weight is 223 g/mol. The van der Waals surface area contributed by atoms with Crippen molar-refractivity contribution in [3.8, 4) is 0 Å². The van der Waals surface area contributed by atoms with Crippen molar-refractivity contribution in [1.29, 1.82) is 0 Å². The van der Waals surface area contributed by atoms with Crippen molar-refractivity contribution < 1.29 is 21.1 Å². The van der Waals surface area contributed by atoms with Crippen molar-refractivity contribution in [3.63, 3.8) is 0 Å². The molecule has 0 saturated heterocycles. The Morgan fingerprint density at radius 2 is 2.20 bits per heavy atom. The highest BCUT2D eigenvalue weighted by molar-refractivity contribution is 6.04. The predicted octanol–water partition coefficient (Wildman–Crippen LogP) is -1.46. The minimum atomic E-state index is 0. The molecule has 56 valence electrons. The van der Waals surface area contributed by atoms with Gasteiger partial charge in [0, 0.05) is 18.6 Å². The van der Waals surface area contributed by atoms with Crippen LogP contribution in [0.3, 0.4) is 0 Å². The summed E-state index contributed by atoms with van der Waals surface area (Å²) in [7, 11) is 0. The largest absolute Gasteiger partial charge is 1.00 e. The van der Waals surface area contributed by atoms with Crippen LogP contribution in [-0.2, 0) is 6.42 Å². The summed E-state index contributed by atoms with van der Waals surface area (Å²) in [5.74, 6) is 0. The highest BCUT2D eigenvalue weighted by atomic mass is 79.9. The predicted molar refractivity (Wildman–Crippen MR) is 37.3 cm³/mol. The molecule has 0 fully saturated rings. The quantitative estimate of drug-likeness (QED) is 0.547. The zero-order chi connectivity index (χ0) is 6.69. The number of rotatable bonds is 1. The van der Waals surface area contributed by atoms with Crippen molar-refractivity contribution in [1.82, 2.24) is 0 Å². The molecule has 1 rings (SSSR count). The van der Waals surface area contributed by atoms with Gasteiger partial charge in [0.15, 0.2) is 6.20 Å². The second kappa shape index (κ2) is 4.69. The minimum Gasteiger partial charge on any atom is -1.00 e. The smallest absolute Gasteiger partial charge is 0.268 e. The van der Waals surface area contributed by atoms with E-state index in [9.17, 15) is 0 Å². The van der Waals surface area contributed by atoms with E-state index >= 15 is 0 Å². The fraction of sp³-hybridized carbons (Fsp3) is 0.286. The van der Waals surface area contributed by atoms with Crippen LogP contribution >= 0.6 is 11.8 Å². The van der Waals surface area contributed by atoms with Crippen LogP contribution in [0.5, 0.6) is 0 Å². The van der Waals surface area contributed by atoms with E-state index in [1.54, 1.807) is 4.09 Å². The highest BCUT2D eigenvalue weighted by Crippen LogP contribution is 1.91. The molecule has 0 aliphatic heterocycles. The summed E-state index contributed by atoms with van der Waals surface area (Å²) in [4.78, 5) is 0. The standard InChI is InChI=1S/C7H9ClN.BrH/c1-2-7-5-3-4-6-9(7)8;/h3-6H,2H2,1H3;1H/q+1;/p-1. The zero-order valence-corrected chi connectivity index (χ0v) is 8.06. The van der Waals surface area contributed by atoms with E-state index in [2.05, 4.69) is 6.92 Å². The maximum absolute atomic E-state index is 5.74. The maximum Gasteiger partial charge on any atom is 0.268 e. The Morgan fingerprint density at radius 3 is 2.60 bits per heavy atom. The van der Waals surface area contributed by atoms with Crippen molar-refractivity contribution in [2.24, 2.45) is 0 Å². The van der Waals surface area contributed by atoms with E-state index in [4.69, 9.17) is 11.8 Å². The Bertz CT molecular complexity index is 203. The summed E-state index contributed by atoms with van der Waals surface area (Å²) >= 11 is 5.74. The van der Waals surface area contributed by atoms with Crippen molar-refractivity contribution in [2.75, 3.05) is 0 Å². The number of hydrogen-bond donors (Lipinski definition) is 0. The number of pyridine rings is 1. The highest BCUT2D eigenvalue weighted by Gasteiger charge is 2.01. The molecule has 0 unspecified atom stereocenters. The molecule has 0 radical (unpaired) electrons. The number of aromatic nitrogens is 1. The Morgan fingerprint density at radius 1 is 1.50 bits per heavy atom. The lowest BCUT2D eigenvalue weighted by atomic mass is 10.3. The van der Waals surface area contributed by atoms with Gasteiger partial charge in [-0.2, -0.15) is 0 Å². The van der Waals surface area contributed by atoms with Gasteiger partial charge in [0.05, 0.1) is 0 Å². The summed E-state index contributed by atoms with van der Waals surface area (Å²) in [6.07, 6.45) is 2.81. The third-order valence-corrected chi connectivity index (χ3v) is 1.58. The van der Waals surface area contributed by atoms with Gasteiger partial charge < -0.3 is 17.0 Å². The van der Waals surface area contributed by atoms with Crippen molar-refractivity contribution in [2.45, 2.75) is 13.3 Å². The molecular formula is C7H9BrClN. The van der Waals surface area contributed by atoms with Gasteiger partial charge in [0.2, 0.25) is 5.69 Å². The Hall–Kier alpha value is -0.0800. The second-order valence-electron chi connectivity index (χ2n) is 1.86. The van der Waals surface area contributed by atoms with Crippen LogP contribution in [0.15, 0.2) is 24.4 Å². The van der Waals surface area contributed by atoms with Crippen LogP contribution in [0.25, 0.3) is 0 Å². The van der Waals surface area contributed by atoms with E-state index in [0.29, 0.717) is 0 Å². The van der Waals surface area contributed by atoms with Crippen LogP contribution in [-0.4, -0.2) is 0 Å². The van der Waals surface area contributed by atoms with Crippen molar-refractivity contribution in [3.05, 3.63) is 30.1 Å². The van der Waals surface area contributed by atoms with Crippen LogP contribution < -0.4 is 21.1 Å². The lowest BCUT2D eigenvalue weighted by Crippen LogP contribution is -3.00. The first-order valence-corrected chi connectivity index (χ1v) is 3.34. The molecule has 0 bridgehead atoms. The number of nitrogens with zero attached hydrogens (tertiary/aromatic N) is 1. The molecule has 0 aliphatic rings. The Balaban J connectivity index is 0.000000810. The van der Waals surface area contributed by atoms with Gasteiger partial charge in [-0.1, -0.05) is 11.0 Å². The Kier molecular flexibility index (Phi) is 4.65. The topological polar surface area (TPSA) is 3.88 Å². The SMILES string of the molecule is CCc1cccc[n+]1Cl.[Br-]. The minimum absolute atomic E-state index is 0. The van der Waals surface area contributed by atoms with Gasteiger partial charge >= 0.3 is 0 Å². The summed E-state index contributed by atoms with van der Waals surface area (Å²) in [6, 6.07) is 5.90. The van der Waals surface area contributed by atoms with E-state index in [-0.39, 0.29) is 17.0 Å². The van der Waals surface area contributed by atoms with Gasteiger partial charge in [-0.15, -0.1) is 0 Å². The average Bonchev–Trinajstić information content (AvgIpc) is 1.89. The molecule has 1 nitrogen and oxygen atoms in total. The first-order chi connectivity index (χ1) is 4.34. The fourth-order valence-electron chi connectivity index (χ4n) is 0.728. The fourth-order valence-corrected chi connectivity index (χ4v) is 0.969. The van der Waals surface area contributed by atoms with Gasteiger partial charge in [-0.25, -0.2) is 0 Å². The van der Waals surface area contributed by atoms with Crippen LogP contribution in [0.4, 0.5) is 0 Å². The van der Waals surface area contributed by atoms with E-state index in [0.717, 1.165) is 12.1 Å². The normalized spacial score (nSPS) is 8.60. The molecule has 0 N–H and O–H groups in total. The van der Waals surface area contributed by atoms with Crippen LogP contribution in [0, 0.1) is 0 Å². The lowest BCUT2D eigenvalue weighted by molar-refractivity contribution is -0.529. The Labute approximate surface area is 76.5 Å². The molecular weight excluding hydrogens is 213 g/mol. The van der Waals surface area contributed by atoms with Crippen LogP contribution in [0.1, 0.15) is 12.6 Å². The molecule has 0 aliphatic carbocycles. The van der Waals surface area contributed by atoms with Gasteiger partial charge in [0.1, 0.15) is 0 Å². The first-order valence-electron chi connectivity index (χ1n) is 3.00. The number of hydrogen-bond acceptors (Lipinski definition) is 0. The molecule has 0 aromatic carbocycles. The molecule has 0 atom stereocenters. The van der Waals surface area contributed by atoms with Gasteiger partial charge in [-0.05, 0) is 6.07 Å². The monoisotopic (exact) mass is 221 g/mol. The summed E-state index contributed by atoms with van der Waals surface area (Å²) in [6.45, 7) is 2.08. The summed E-state index contributed by atoms with van der Waals surface area (Å²) in [5, 5.41) is 0. The molecule has 0 spiro atoms. The number of halogens is 2. The maximum atomic E-state index is 5.74. The first kappa shape index (κ1) is 9.92. The molecule has 1 aromatic rings. The van der Waals surface area contributed by atoms with E-state index in [1.165, 1.54) is 0 Å². The summed E-state index contributed by atoms with van der Waals surface area (Å²) in [5.41, 5.74) is 1.14. The second-order valence-corrected chi connectivity index (χ2v) is 2.22. The lowest BCUT2D eigenvalue weighted by Gasteiger charge is -1.87. The van der Waals surface area contributed by atoms with Crippen LogP contribution in [0.2, 0.25) is 0 Å². The van der Waals surface area contributed by atoms with Gasteiger partial charge in [0.25, 0.3) is 11.8 Å². The van der Waals surface area contributed by atoms with E-state index in [1.807, 2.05) is 24.4 Å².